The zero-order chi connectivity index (χ0) is 23.0. The van der Waals surface area contributed by atoms with Crippen LogP contribution in [0.3, 0.4) is 0 Å². The predicted octanol–water partition coefficient (Wildman–Crippen LogP) is 7.52. The summed E-state index contributed by atoms with van der Waals surface area (Å²) >= 11 is 0. The molecule has 0 N–H and O–H groups in total. The lowest BCUT2D eigenvalue weighted by molar-refractivity contribution is -0.149. The van der Waals surface area contributed by atoms with E-state index in [1.807, 2.05) is 24.3 Å². The van der Waals surface area contributed by atoms with Gasteiger partial charge in [-0.3, -0.25) is 0 Å². The number of rotatable bonds is 8. The molecular formula is C26H22F3NO2. The fourth-order valence-corrected chi connectivity index (χ4v) is 3.24. The Bertz CT molecular complexity index is 1080. The Labute approximate surface area is 185 Å². The van der Waals surface area contributed by atoms with Gasteiger partial charge in [-0.15, -0.1) is 0 Å². The van der Waals surface area contributed by atoms with E-state index in [9.17, 15) is 18.4 Å². The maximum absolute atomic E-state index is 13.8. The van der Waals surface area contributed by atoms with Crippen molar-refractivity contribution in [1.82, 2.24) is 0 Å². The number of hydrogen-bond acceptors (Lipinski definition) is 3. The second-order valence-electron chi connectivity index (χ2n) is 7.00. The van der Waals surface area contributed by atoms with Crippen molar-refractivity contribution in [2.45, 2.75) is 25.4 Å². The Morgan fingerprint density at radius 3 is 2.25 bits per heavy atom. The molecule has 0 aliphatic rings. The quantitative estimate of drug-likeness (QED) is 0.342. The van der Waals surface area contributed by atoms with Crippen molar-refractivity contribution < 1.29 is 22.6 Å². The highest BCUT2D eigenvalue weighted by Gasteiger charge is 2.39. The minimum absolute atomic E-state index is 0.121. The molecule has 0 radical (unpaired) electrons. The number of alkyl halides is 3. The van der Waals surface area contributed by atoms with Crippen molar-refractivity contribution in [2.75, 3.05) is 6.61 Å². The SMILES string of the molecule is CCOc1ccc(C(CC=C(C#N)c2cccc(Oc3ccccc3)c2)C(F)(F)F)cc1. The average molecular weight is 437 g/mol. The number of allylic oxidation sites excluding steroid dienone is 2. The van der Waals surface area contributed by atoms with E-state index >= 15 is 0 Å². The highest BCUT2D eigenvalue weighted by molar-refractivity contribution is 5.77. The van der Waals surface area contributed by atoms with Crippen LogP contribution in [0.25, 0.3) is 5.57 Å². The van der Waals surface area contributed by atoms with Gasteiger partial charge in [-0.1, -0.05) is 48.5 Å². The van der Waals surface area contributed by atoms with Crippen LogP contribution in [0.4, 0.5) is 13.2 Å². The van der Waals surface area contributed by atoms with Gasteiger partial charge in [0.15, 0.2) is 0 Å². The monoisotopic (exact) mass is 437 g/mol. The van der Waals surface area contributed by atoms with E-state index < -0.39 is 12.1 Å². The van der Waals surface area contributed by atoms with Gasteiger partial charge in [0, 0.05) is 0 Å². The molecule has 0 saturated carbocycles. The maximum Gasteiger partial charge on any atom is 0.396 e. The van der Waals surface area contributed by atoms with Crippen LogP contribution in [0.15, 0.2) is 84.9 Å². The lowest BCUT2D eigenvalue weighted by atomic mass is 9.93. The third-order valence-electron chi connectivity index (χ3n) is 4.79. The Hall–Kier alpha value is -3.72. The van der Waals surface area contributed by atoms with E-state index in [2.05, 4.69) is 0 Å². The van der Waals surface area contributed by atoms with Crippen LogP contribution in [0.1, 0.15) is 30.4 Å². The van der Waals surface area contributed by atoms with Crippen molar-refractivity contribution in [3.8, 4) is 23.3 Å². The molecule has 0 bridgehead atoms. The lowest BCUT2D eigenvalue weighted by Crippen LogP contribution is -2.20. The third-order valence-corrected chi connectivity index (χ3v) is 4.79. The van der Waals surface area contributed by atoms with Gasteiger partial charge in [0.2, 0.25) is 0 Å². The Kier molecular flexibility index (Phi) is 7.56. The summed E-state index contributed by atoms with van der Waals surface area (Å²) in [5.74, 6) is -0.0977. The molecule has 164 valence electrons. The van der Waals surface area contributed by atoms with E-state index in [1.165, 1.54) is 30.3 Å². The molecule has 6 heteroatoms. The molecule has 0 fully saturated rings. The Morgan fingerprint density at radius 1 is 0.938 bits per heavy atom. The summed E-state index contributed by atoms with van der Waals surface area (Å²) in [6.07, 6.45) is -3.48. The first-order valence-electron chi connectivity index (χ1n) is 10.1. The van der Waals surface area contributed by atoms with Crippen LogP contribution in [-0.4, -0.2) is 12.8 Å². The molecule has 32 heavy (non-hydrogen) atoms. The largest absolute Gasteiger partial charge is 0.494 e. The van der Waals surface area contributed by atoms with E-state index in [4.69, 9.17) is 9.47 Å². The third kappa shape index (κ3) is 6.14. The van der Waals surface area contributed by atoms with E-state index in [0.29, 0.717) is 29.4 Å². The van der Waals surface area contributed by atoms with Gasteiger partial charge in [-0.2, -0.15) is 18.4 Å². The average Bonchev–Trinajstić information content (AvgIpc) is 2.78. The predicted molar refractivity (Wildman–Crippen MR) is 118 cm³/mol. The van der Waals surface area contributed by atoms with E-state index in [0.717, 1.165) is 0 Å². The number of hydrogen-bond donors (Lipinski definition) is 0. The molecule has 3 aromatic carbocycles. The first kappa shape index (κ1) is 23.0. The second-order valence-corrected chi connectivity index (χ2v) is 7.00. The number of halogens is 3. The molecule has 1 atom stereocenters. The molecule has 0 aliphatic heterocycles. The second kappa shape index (κ2) is 10.5. The number of para-hydroxylation sites is 1. The number of nitriles is 1. The lowest BCUT2D eigenvalue weighted by Gasteiger charge is -2.20. The van der Waals surface area contributed by atoms with Gasteiger partial charge in [-0.05, 0) is 60.9 Å². The van der Waals surface area contributed by atoms with Gasteiger partial charge in [0.1, 0.15) is 17.2 Å². The topological polar surface area (TPSA) is 42.2 Å². The molecule has 1 unspecified atom stereocenters. The normalized spacial score (nSPS) is 12.7. The number of nitrogens with zero attached hydrogens (tertiary/aromatic N) is 1. The standard InChI is InChI=1S/C26H22F3NO2/c1-2-31-22-14-11-19(12-15-22)25(26(27,28)29)16-13-21(18-30)20-7-6-10-24(17-20)32-23-8-4-3-5-9-23/h3-15,17,25H,2,16H2,1H3. The molecule has 0 saturated heterocycles. The maximum atomic E-state index is 13.8. The van der Waals surface area contributed by atoms with Crippen molar-refractivity contribution in [3.63, 3.8) is 0 Å². The fraction of sp³-hybridized carbons (Fsp3) is 0.192. The van der Waals surface area contributed by atoms with Crippen LogP contribution in [-0.2, 0) is 0 Å². The van der Waals surface area contributed by atoms with Gasteiger partial charge in [0.05, 0.1) is 24.2 Å². The minimum Gasteiger partial charge on any atom is -0.494 e. The summed E-state index contributed by atoms with van der Waals surface area (Å²) in [4.78, 5) is 0. The summed E-state index contributed by atoms with van der Waals surface area (Å²) in [5, 5.41) is 9.58. The van der Waals surface area contributed by atoms with Crippen molar-refractivity contribution in [2.24, 2.45) is 0 Å². The summed E-state index contributed by atoms with van der Waals surface area (Å²) in [6, 6.07) is 23.7. The van der Waals surface area contributed by atoms with E-state index in [-0.39, 0.29) is 17.6 Å². The molecular weight excluding hydrogens is 415 g/mol. The molecule has 0 aliphatic carbocycles. The van der Waals surface area contributed by atoms with Crippen LogP contribution < -0.4 is 9.47 Å². The summed E-state index contributed by atoms with van der Waals surface area (Å²) in [6.45, 7) is 2.24. The molecule has 3 rings (SSSR count). The first-order chi connectivity index (χ1) is 15.4. The zero-order valence-corrected chi connectivity index (χ0v) is 17.5. The zero-order valence-electron chi connectivity index (χ0n) is 17.5. The van der Waals surface area contributed by atoms with Crippen molar-refractivity contribution >= 4 is 5.57 Å². The highest BCUT2D eigenvalue weighted by Crippen LogP contribution is 2.39. The molecule has 0 aromatic heterocycles. The summed E-state index contributed by atoms with van der Waals surface area (Å²) in [7, 11) is 0. The first-order valence-corrected chi connectivity index (χ1v) is 10.1. The van der Waals surface area contributed by atoms with Gasteiger partial charge in [-0.25, -0.2) is 0 Å². The summed E-state index contributed by atoms with van der Waals surface area (Å²) in [5.41, 5.74) is 0.771. The number of ether oxygens (including phenoxy) is 2. The van der Waals surface area contributed by atoms with Crippen molar-refractivity contribution in [1.29, 1.82) is 5.26 Å². The Morgan fingerprint density at radius 2 is 1.62 bits per heavy atom. The van der Waals surface area contributed by atoms with Crippen LogP contribution in [0.2, 0.25) is 0 Å². The van der Waals surface area contributed by atoms with E-state index in [1.54, 1.807) is 43.3 Å². The van der Waals surface area contributed by atoms with Crippen LogP contribution in [0, 0.1) is 11.3 Å². The molecule has 3 nitrogen and oxygen atoms in total. The summed E-state index contributed by atoms with van der Waals surface area (Å²) < 4.78 is 52.3. The van der Waals surface area contributed by atoms with Crippen LogP contribution in [0.5, 0.6) is 17.2 Å². The van der Waals surface area contributed by atoms with Crippen molar-refractivity contribution in [3.05, 3.63) is 96.1 Å². The fourth-order valence-electron chi connectivity index (χ4n) is 3.24. The van der Waals surface area contributed by atoms with Gasteiger partial charge < -0.3 is 9.47 Å². The molecule has 0 amide bonds. The molecule has 0 heterocycles. The molecule has 0 spiro atoms. The van der Waals surface area contributed by atoms with Gasteiger partial charge in [0.25, 0.3) is 0 Å². The molecule has 3 aromatic rings. The minimum atomic E-state index is -4.46. The van der Waals surface area contributed by atoms with Crippen LogP contribution >= 0.6 is 0 Å². The highest BCUT2D eigenvalue weighted by atomic mass is 19.4. The smallest absolute Gasteiger partial charge is 0.396 e. The Balaban J connectivity index is 1.82. The number of benzene rings is 3. The van der Waals surface area contributed by atoms with Gasteiger partial charge >= 0.3 is 6.18 Å².